The van der Waals surface area contributed by atoms with E-state index in [0.717, 1.165) is 27.8 Å². The molecule has 1 aromatic heterocycles. The number of aromatic nitrogens is 1. The van der Waals surface area contributed by atoms with E-state index in [0.29, 0.717) is 5.56 Å². The van der Waals surface area contributed by atoms with Gasteiger partial charge in [-0.25, -0.2) is 4.98 Å². The number of nitrogens with zero attached hydrogens (tertiary/aromatic N) is 1. The van der Waals surface area contributed by atoms with E-state index in [1.165, 1.54) is 0 Å². The Kier molecular flexibility index (Phi) is 4.77. The molecule has 3 aromatic rings. The lowest BCUT2D eigenvalue weighted by molar-refractivity contribution is 0.102. The number of carbonyl (C=O) groups excluding carboxylic acids is 1. The Bertz CT molecular complexity index is 843. The predicted octanol–water partition coefficient (Wildman–Crippen LogP) is 4.11. The zero-order chi connectivity index (χ0) is 16.9. The van der Waals surface area contributed by atoms with Gasteiger partial charge < -0.3 is 15.4 Å². The summed E-state index contributed by atoms with van der Waals surface area (Å²) in [5.41, 5.74) is 3.14. The summed E-state index contributed by atoms with van der Waals surface area (Å²) in [5, 5.41) is 8.77. The lowest BCUT2D eigenvalue weighted by Crippen LogP contribution is -2.11. The molecule has 0 aliphatic heterocycles. The van der Waals surface area contributed by atoms with Crippen LogP contribution in [0.2, 0.25) is 0 Å². The molecule has 0 aliphatic rings. The van der Waals surface area contributed by atoms with Gasteiger partial charge in [0.2, 0.25) is 0 Å². The van der Waals surface area contributed by atoms with Gasteiger partial charge in [0.1, 0.15) is 5.75 Å². The van der Waals surface area contributed by atoms with Crippen LogP contribution in [-0.2, 0) is 0 Å². The first-order valence-corrected chi connectivity index (χ1v) is 8.26. The lowest BCUT2D eigenvalue weighted by atomic mass is 10.1. The van der Waals surface area contributed by atoms with Crippen LogP contribution in [0, 0.1) is 0 Å². The summed E-state index contributed by atoms with van der Waals surface area (Å²) in [6.07, 6.45) is 0. The van der Waals surface area contributed by atoms with Crippen LogP contribution in [-0.4, -0.2) is 25.0 Å². The number of amides is 1. The van der Waals surface area contributed by atoms with E-state index in [-0.39, 0.29) is 5.91 Å². The normalized spacial score (nSPS) is 10.2. The first-order chi connectivity index (χ1) is 11.7. The van der Waals surface area contributed by atoms with Gasteiger partial charge in [0, 0.05) is 29.2 Å². The molecule has 5 nitrogen and oxygen atoms in total. The van der Waals surface area contributed by atoms with Crippen molar-refractivity contribution in [3.05, 3.63) is 59.5 Å². The topological polar surface area (TPSA) is 63.2 Å². The number of methoxy groups -OCH3 is 1. The van der Waals surface area contributed by atoms with Gasteiger partial charge in [-0.3, -0.25) is 4.79 Å². The van der Waals surface area contributed by atoms with Crippen LogP contribution in [0.5, 0.6) is 5.75 Å². The molecule has 0 fully saturated rings. The quantitative estimate of drug-likeness (QED) is 0.734. The van der Waals surface area contributed by atoms with Gasteiger partial charge >= 0.3 is 0 Å². The highest BCUT2D eigenvalue weighted by Gasteiger charge is 2.08. The minimum absolute atomic E-state index is 0.163. The van der Waals surface area contributed by atoms with Crippen molar-refractivity contribution in [3.63, 3.8) is 0 Å². The van der Waals surface area contributed by atoms with Crippen LogP contribution < -0.4 is 15.4 Å². The summed E-state index contributed by atoms with van der Waals surface area (Å²) < 4.78 is 5.10. The second-order valence-corrected chi connectivity index (χ2v) is 5.91. The minimum atomic E-state index is -0.163. The molecule has 0 atom stereocenters. The van der Waals surface area contributed by atoms with Crippen molar-refractivity contribution in [2.24, 2.45) is 0 Å². The van der Waals surface area contributed by atoms with Crippen molar-refractivity contribution >= 4 is 28.1 Å². The van der Waals surface area contributed by atoms with Crippen molar-refractivity contribution in [3.8, 4) is 17.0 Å². The molecule has 0 radical (unpaired) electrons. The first-order valence-electron chi connectivity index (χ1n) is 7.38. The van der Waals surface area contributed by atoms with Crippen LogP contribution in [0.15, 0.2) is 53.9 Å². The van der Waals surface area contributed by atoms with E-state index in [4.69, 9.17) is 4.74 Å². The molecular weight excluding hydrogens is 322 g/mol. The molecule has 0 saturated carbocycles. The number of ether oxygens (including phenoxy) is 1. The van der Waals surface area contributed by atoms with Crippen molar-refractivity contribution in [1.82, 2.24) is 4.98 Å². The maximum Gasteiger partial charge on any atom is 0.255 e. The van der Waals surface area contributed by atoms with Gasteiger partial charge in [-0.15, -0.1) is 11.3 Å². The van der Waals surface area contributed by atoms with E-state index in [1.54, 1.807) is 42.7 Å². The summed E-state index contributed by atoms with van der Waals surface area (Å²) in [4.78, 5) is 16.8. The lowest BCUT2D eigenvalue weighted by Gasteiger charge is -2.07. The Morgan fingerprint density at radius 3 is 2.62 bits per heavy atom. The third kappa shape index (κ3) is 3.55. The molecule has 24 heavy (non-hydrogen) atoms. The van der Waals surface area contributed by atoms with Gasteiger partial charge in [-0.05, 0) is 36.4 Å². The summed E-state index contributed by atoms with van der Waals surface area (Å²) >= 11 is 1.54. The Hall–Kier alpha value is -2.86. The van der Waals surface area contributed by atoms with Crippen LogP contribution >= 0.6 is 11.3 Å². The fraction of sp³-hybridized carbons (Fsp3) is 0.111. The van der Waals surface area contributed by atoms with Gasteiger partial charge in [0.05, 0.1) is 12.8 Å². The van der Waals surface area contributed by atoms with E-state index in [1.807, 2.05) is 36.7 Å². The molecule has 0 spiro atoms. The molecule has 1 amide bonds. The largest absolute Gasteiger partial charge is 0.497 e. The Morgan fingerprint density at radius 1 is 1.17 bits per heavy atom. The molecule has 122 valence electrons. The third-order valence-electron chi connectivity index (χ3n) is 3.49. The van der Waals surface area contributed by atoms with Gasteiger partial charge in [0.25, 0.3) is 5.91 Å². The fourth-order valence-corrected chi connectivity index (χ4v) is 2.90. The summed E-state index contributed by atoms with van der Waals surface area (Å²) in [7, 11) is 3.44. The minimum Gasteiger partial charge on any atom is -0.497 e. The number of thiazole rings is 1. The zero-order valence-electron chi connectivity index (χ0n) is 13.4. The average molecular weight is 339 g/mol. The summed E-state index contributed by atoms with van der Waals surface area (Å²) in [6.45, 7) is 0. The maximum absolute atomic E-state index is 12.3. The van der Waals surface area contributed by atoms with Crippen LogP contribution in [0.3, 0.4) is 0 Å². The monoisotopic (exact) mass is 339 g/mol. The first kappa shape index (κ1) is 16.0. The number of benzene rings is 2. The molecule has 6 heteroatoms. The van der Waals surface area contributed by atoms with Crippen LogP contribution in [0.4, 0.5) is 10.8 Å². The second-order valence-electron chi connectivity index (χ2n) is 5.05. The number of hydrogen-bond donors (Lipinski definition) is 2. The third-order valence-corrected chi connectivity index (χ3v) is 4.35. The fourth-order valence-electron chi connectivity index (χ4n) is 2.22. The molecule has 0 saturated heterocycles. The highest BCUT2D eigenvalue weighted by molar-refractivity contribution is 7.14. The van der Waals surface area contributed by atoms with Crippen molar-refractivity contribution in [2.45, 2.75) is 0 Å². The highest BCUT2D eigenvalue weighted by Crippen LogP contribution is 2.26. The van der Waals surface area contributed by atoms with Gasteiger partial charge in [-0.1, -0.05) is 12.1 Å². The van der Waals surface area contributed by atoms with Crippen molar-refractivity contribution < 1.29 is 9.53 Å². The smallest absolute Gasteiger partial charge is 0.255 e. The number of rotatable bonds is 5. The predicted molar refractivity (Wildman–Crippen MR) is 98.0 cm³/mol. The van der Waals surface area contributed by atoms with E-state index in [9.17, 15) is 4.79 Å². The van der Waals surface area contributed by atoms with E-state index >= 15 is 0 Å². The number of carbonyl (C=O) groups is 1. The molecular formula is C18H17N3O2S. The Balaban J connectivity index is 1.77. The molecule has 0 aliphatic carbocycles. The second kappa shape index (κ2) is 7.14. The molecule has 2 N–H and O–H groups in total. The maximum atomic E-state index is 12.3. The summed E-state index contributed by atoms with van der Waals surface area (Å²) in [5.74, 6) is 0.557. The zero-order valence-corrected chi connectivity index (χ0v) is 14.2. The molecule has 0 bridgehead atoms. The van der Waals surface area contributed by atoms with Crippen LogP contribution in [0.1, 0.15) is 10.4 Å². The molecule has 3 rings (SSSR count). The SMILES string of the molecule is CNc1nc(-c2cccc(NC(=O)c3ccc(OC)cc3)c2)cs1. The average Bonchev–Trinajstić information content (AvgIpc) is 3.11. The summed E-state index contributed by atoms with van der Waals surface area (Å²) in [6, 6.07) is 14.6. The highest BCUT2D eigenvalue weighted by atomic mass is 32.1. The van der Waals surface area contributed by atoms with E-state index in [2.05, 4.69) is 15.6 Å². The number of nitrogens with one attached hydrogen (secondary N) is 2. The number of hydrogen-bond acceptors (Lipinski definition) is 5. The molecule has 1 heterocycles. The van der Waals surface area contributed by atoms with Gasteiger partial charge in [-0.2, -0.15) is 0 Å². The molecule has 0 unspecified atom stereocenters. The standard InChI is InChI=1S/C18H17N3O2S/c1-19-18-21-16(11-24-18)13-4-3-5-14(10-13)20-17(22)12-6-8-15(23-2)9-7-12/h3-11H,1-2H3,(H,19,21)(H,20,22). The Morgan fingerprint density at radius 2 is 1.96 bits per heavy atom. The van der Waals surface area contributed by atoms with E-state index < -0.39 is 0 Å². The van der Waals surface area contributed by atoms with Crippen molar-refractivity contribution in [1.29, 1.82) is 0 Å². The Labute approximate surface area is 144 Å². The number of anilines is 2. The van der Waals surface area contributed by atoms with Crippen molar-refractivity contribution in [2.75, 3.05) is 24.8 Å². The van der Waals surface area contributed by atoms with Gasteiger partial charge in [0.15, 0.2) is 5.13 Å². The van der Waals surface area contributed by atoms with Crippen LogP contribution in [0.25, 0.3) is 11.3 Å². The molecule has 2 aromatic carbocycles.